The number of carbonyl (C=O) groups excluding carboxylic acids is 1. The van der Waals surface area contributed by atoms with Crippen LogP contribution in [0.3, 0.4) is 0 Å². The lowest BCUT2D eigenvalue weighted by molar-refractivity contribution is -0.159. The van der Waals surface area contributed by atoms with Crippen molar-refractivity contribution in [1.29, 1.82) is 0 Å². The molecule has 3 aromatic rings. The number of hydrogen-bond acceptors (Lipinski definition) is 5. The Morgan fingerprint density at radius 3 is 1.78 bits per heavy atom. The van der Waals surface area contributed by atoms with Gasteiger partial charge >= 0.3 is 17.9 Å². The van der Waals surface area contributed by atoms with Gasteiger partial charge in [0.15, 0.2) is 0 Å². The van der Waals surface area contributed by atoms with Gasteiger partial charge in [-0.1, -0.05) is 104 Å². The smallest absolute Gasteiger partial charge is 0.414 e. The van der Waals surface area contributed by atoms with Crippen molar-refractivity contribution < 1.29 is 29.3 Å². The molecular formula is C30H31NO6. The van der Waals surface area contributed by atoms with E-state index in [1.54, 1.807) is 0 Å². The highest BCUT2D eigenvalue weighted by molar-refractivity contribution is 6.27. The van der Waals surface area contributed by atoms with E-state index in [9.17, 15) is 4.79 Å². The Morgan fingerprint density at radius 2 is 1.32 bits per heavy atom. The molecule has 7 nitrogen and oxygen atoms in total. The summed E-state index contributed by atoms with van der Waals surface area (Å²) in [7, 11) is 0. The van der Waals surface area contributed by atoms with E-state index >= 15 is 0 Å². The Balaban J connectivity index is 0.000000568. The number of aliphatic carboxylic acids is 2. The molecule has 2 N–H and O–H groups in total. The zero-order valence-corrected chi connectivity index (χ0v) is 20.7. The van der Waals surface area contributed by atoms with Gasteiger partial charge in [-0.15, -0.1) is 0 Å². The van der Waals surface area contributed by atoms with Crippen molar-refractivity contribution in [2.45, 2.75) is 12.8 Å². The Morgan fingerprint density at radius 1 is 0.838 bits per heavy atom. The first kappa shape index (κ1) is 27.4. The minimum absolute atomic E-state index is 0.0152. The third kappa shape index (κ3) is 7.88. The van der Waals surface area contributed by atoms with Gasteiger partial charge in [0.1, 0.15) is 6.61 Å². The van der Waals surface area contributed by atoms with Crippen LogP contribution in [0, 0.1) is 5.92 Å². The lowest BCUT2D eigenvalue weighted by Crippen LogP contribution is -2.38. The minimum atomic E-state index is -1.82. The van der Waals surface area contributed by atoms with Crippen LogP contribution >= 0.6 is 0 Å². The van der Waals surface area contributed by atoms with Crippen LogP contribution in [0.1, 0.15) is 29.5 Å². The summed E-state index contributed by atoms with van der Waals surface area (Å²) in [4.78, 5) is 33.8. The summed E-state index contributed by atoms with van der Waals surface area (Å²) in [5, 5.41) is 14.8. The average molecular weight is 502 g/mol. The molecule has 1 aliphatic heterocycles. The molecule has 1 aliphatic rings. The maximum atomic E-state index is 13.3. The molecule has 192 valence electrons. The van der Waals surface area contributed by atoms with Crippen LogP contribution in [-0.2, 0) is 19.1 Å². The molecule has 0 aliphatic carbocycles. The van der Waals surface area contributed by atoms with E-state index in [4.69, 9.17) is 24.5 Å². The van der Waals surface area contributed by atoms with Crippen molar-refractivity contribution >= 4 is 23.5 Å². The average Bonchev–Trinajstić information content (AvgIpc) is 2.94. The molecule has 0 radical (unpaired) electrons. The molecule has 4 rings (SSSR count). The quantitative estimate of drug-likeness (QED) is 0.361. The Labute approximate surface area is 216 Å². The number of nitrogens with zero attached hydrogens (tertiary/aromatic N) is 1. The van der Waals surface area contributed by atoms with Crippen molar-refractivity contribution in [1.82, 2.24) is 4.90 Å². The van der Waals surface area contributed by atoms with Gasteiger partial charge in [0, 0.05) is 19.0 Å². The number of esters is 1. The number of rotatable bonds is 7. The summed E-state index contributed by atoms with van der Waals surface area (Å²) in [6, 6.07) is 30.7. The normalized spacial score (nSPS) is 15.2. The number of likely N-dealkylation sites (N-methyl/N-ethyl adjacent to an activating group) is 1. The van der Waals surface area contributed by atoms with Crippen molar-refractivity contribution in [2.24, 2.45) is 5.92 Å². The van der Waals surface area contributed by atoms with Gasteiger partial charge in [-0.25, -0.2) is 9.59 Å². The van der Waals surface area contributed by atoms with E-state index in [-0.39, 0.29) is 17.8 Å². The van der Waals surface area contributed by atoms with Crippen molar-refractivity contribution in [3.8, 4) is 0 Å². The third-order valence-electron chi connectivity index (χ3n) is 6.20. The fourth-order valence-electron chi connectivity index (χ4n) is 4.23. The largest absolute Gasteiger partial charge is 0.473 e. The van der Waals surface area contributed by atoms with E-state index in [0.717, 1.165) is 35.4 Å². The van der Waals surface area contributed by atoms with Gasteiger partial charge in [0.25, 0.3) is 0 Å². The van der Waals surface area contributed by atoms with Crippen molar-refractivity contribution in [2.75, 3.05) is 26.2 Å². The first-order chi connectivity index (χ1) is 17.9. The number of ether oxygens (including phenoxy) is 1. The molecule has 1 atom stereocenters. The first-order valence-electron chi connectivity index (χ1n) is 12.1. The molecule has 0 saturated heterocycles. The van der Waals surface area contributed by atoms with Crippen LogP contribution in [0.2, 0.25) is 0 Å². The van der Waals surface area contributed by atoms with Crippen LogP contribution in [0.4, 0.5) is 0 Å². The summed E-state index contributed by atoms with van der Waals surface area (Å²) in [6.45, 7) is 4.93. The van der Waals surface area contributed by atoms with E-state index in [0.29, 0.717) is 13.2 Å². The number of hydrogen-bond donors (Lipinski definition) is 2. The minimum Gasteiger partial charge on any atom is -0.473 e. The molecule has 0 spiro atoms. The molecule has 1 heterocycles. The predicted molar refractivity (Wildman–Crippen MR) is 141 cm³/mol. The van der Waals surface area contributed by atoms with E-state index < -0.39 is 11.9 Å². The van der Waals surface area contributed by atoms with Gasteiger partial charge in [-0.2, -0.15) is 0 Å². The van der Waals surface area contributed by atoms with Crippen molar-refractivity contribution in [3.05, 3.63) is 114 Å². The monoisotopic (exact) mass is 501 g/mol. The molecular weight excluding hydrogens is 470 g/mol. The molecule has 7 heteroatoms. The first-order valence-corrected chi connectivity index (χ1v) is 12.1. The standard InChI is InChI=1S/C28H29NO2.C2H2O4/c1-2-29-19-18-25(22-12-6-3-7-13-22)26(20-29)28(30)31-21-27(23-14-8-4-9-15-23)24-16-10-5-11-17-24;3-1(4)2(5)6/h3-18,26-27H,2,19-21H2,1H3;(H,3,4)(H,5,6). The van der Waals surface area contributed by atoms with Gasteiger partial charge in [0.05, 0.1) is 5.92 Å². The second kappa shape index (κ2) is 13.8. The summed E-state index contributed by atoms with van der Waals surface area (Å²) >= 11 is 0. The number of benzene rings is 3. The molecule has 1 unspecified atom stereocenters. The van der Waals surface area contributed by atoms with Crippen LogP contribution in [0.15, 0.2) is 97.1 Å². The van der Waals surface area contributed by atoms with Gasteiger partial charge < -0.3 is 14.9 Å². The van der Waals surface area contributed by atoms with Gasteiger partial charge in [-0.3, -0.25) is 9.69 Å². The number of carboxylic acids is 2. The summed E-state index contributed by atoms with van der Waals surface area (Å²) in [5.74, 6) is -4.06. The fourth-order valence-corrected chi connectivity index (χ4v) is 4.23. The van der Waals surface area contributed by atoms with E-state index in [2.05, 4.69) is 54.3 Å². The highest BCUT2D eigenvalue weighted by Crippen LogP contribution is 2.30. The molecule has 3 aromatic carbocycles. The SMILES string of the molecule is CCN1CC=C(c2ccccc2)C(C(=O)OCC(c2ccccc2)c2ccccc2)C1.O=C(O)C(=O)O. The molecule has 0 amide bonds. The topological polar surface area (TPSA) is 104 Å². The molecule has 0 aromatic heterocycles. The Hall–Kier alpha value is -4.23. The lowest BCUT2D eigenvalue weighted by Gasteiger charge is -2.31. The van der Waals surface area contributed by atoms with Crippen LogP contribution in [0.5, 0.6) is 0 Å². The second-order valence-corrected chi connectivity index (χ2v) is 8.54. The molecule has 0 bridgehead atoms. The van der Waals surface area contributed by atoms with Gasteiger partial charge in [-0.05, 0) is 28.8 Å². The highest BCUT2D eigenvalue weighted by Gasteiger charge is 2.31. The number of carboxylic acid groups (broad SMARTS) is 2. The van der Waals surface area contributed by atoms with E-state index in [1.807, 2.05) is 54.6 Å². The van der Waals surface area contributed by atoms with Gasteiger partial charge in [0.2, 0.25) is 0 Å². The third-order valence-corrected chi connectivity index (χ3v) is 6.20. The molecule has 0 fully saturated rings. The molecule has 0 saturated carbocycles. The van der Waals surface area contributed by atoms with Crippen LogP contribution in [0.25, 0.3) is 5.57 Å². The second-order valence-electron chi connectivity index (χ2n) is 8.54. The Kier molecular flexibility index (Phi) is 10.2. The summed E-state index contributed by atoms with van der Waals surface area (Å²) < 4.78 is 5.99. The zero-order chi connectivity index (χ0) is 26.6. The highest BCUT2D eigenvalue weighted by atomic mass is 16.5. The van der Waals surface area contributed by atoms with Crippen LogP contribution < -0.4 is 0 Å². The van der Waals surface area contributed by atoms with Crippen molar-refractivity contribution in [3.63, 3.8) is 0 Å². The zero-order valence-electron chi connectivity index (χ0n) is 20.7. The Bertz CT molecular complexity index is 1140. The maximum Gasteiger partial charge on any atom is 0.414 e. The lowest BCUT2D eigenvalue weighted by atomic mass is 9.88. The summed E-state index contributed by atoms with van der Waals surface area (Å²) in [6.07, 6.45) is 2.18. The maximum absolute atomic E-state index is 13.3. The van der Waals surface area contributed by atoms with E-state index in [1.165, 1.54) is 0 Å². The van der Waals surface area contributed by atoms with Crippen LogP contribution in [-0.4, -0.2) is 59.3 Å². The molecule has 37 heavy (non-hydrogen) atoms. The number of carbonyl (C=O) groups is 3. The fraction of sp³-hybridized carbons (Fsp3) is 0.233. The predicted octanol–water partition coefficient (Wildman–Crippen LogP) is 4.55. The summed E-state index contributed by atoms with van der Waals surface area (Å²) in [5.41, 5.74) is 4.48.